The van der Waals surface area contributed by atoms with Gasteiger partial charge in [0.15, 0.2) is 0 Å². The smallest absolute Gasteiger partial charge is 0.318 e. The van der Waals surface area contributed by atoms with E-state index < -0.39 is 0 Å². The molecule has 4 nitrogen and oxygen atoms in total. The number of thiophene rings is 1. The van der Waals surface area contributed by atoms with Crippen molar-refractivity contribution in [1.29, 1.82) is 0 Å². The van der Waals surface area contributed by atoms with E-state index in [4.69, 9.17) is 0 Å². The van der Waals surface area contributed by atoms with E-state index in [0.29, 0.717) is 6.54 Å². The van der Waals surface area contributed by atoms with Crippen LogP contribution in [0.1, 0.15) is 33.3 Å². The van der Waals surface area contributed by atoms with Crippen molar-refractivity contribution in [2.24, 2.45) is 0 Å². The lowest BCUT2D eigenvalue weighted by atomic mass is 10.1. The minimum atomic E-state index is -0.154. The summed E-state index contributed by atoms with van der Waals surface area (Å²) in [5.41, 5.74) is 6.45. The third kappa shape index (κ3) is 3.31. The number of fused-ring (bicyclic) bond motifs is 3. The molecule has 1 aliphatic heterocycles. The Balaban J connectivity index is 1.61. The van der Waals surface area contributed by atoms with Crippen LogP contribution >= 0.6 is 11.3 Å². The number of amides is 2. The van der Waals surface area contributed by atoms with Crippen LogP contribution in [0.5, 0.6) is 0 Å². The highest BCUT2D eigenvalue weighted by Crippen LogP contribution is 2.38. The lowest BCUT2D eigenvalue weighted by Crippen LogP contribution is -2.37. The Kier molecular flexibility index (Phi) is 4.68. The van der Waals surface area contributed by atoms with E-state index in [1.54, 1.807) is 11.3 Å². The predicted octanol–water partition coefficient (Wildman–Crippen LogP) is 6.29. The van der Waals surface area contributed by atoms with E-state index in [1.165, 1.54) is 0 Å². The molecule has 1 N–H and O–H groups in total. The Morgan fingerprint density at radius 3 is 2.57 bits per heavy atom. The van der Waals surface area contributed by atoms with E-state index in [2.05, 4.69) is 57.9 Å². The van der Waals surface area contributed by atoms with E-state index >= 15 is 0 Å². The molecule has 1 unspecified atom stereocenters. The second kappa shape index (κ2) is 7.50. The zero-order chi connectivity index (χ0) is 20.7. The van der Waals surface area contributed by atoms with E-state index in [0.717, 1.165) is 38.6 Å². The summed E-state index contributed by atoms with van der Waals surface area (Å²) in [5, 5.41) is 5.22. The SMILES string of the molecule is Cc1cc(C)cc(NC(=O)N2Cc3ccccc3-n3cccc3C2c2cccs2)c1. The van der Waals surface area contributed by atoms with Gasteiger partial charge in [-0.25, -0.2) is 4.79 Å². The first-order chi connectivity index (χ1) is 14.6. The molecule has 0 saturated heterocycles. The maximum atomic E-state index is 13.6. The number of rotatable bonds is 2. The number of benzene rings is 2. The van der Waals surface area contributed by atoms with Gasteiger partial charge in [0.05, 0.1) is 17.9 Å². The number of aryl methyl sites for hydroxylation is 2. The Morgan fingerprint density at radius 1 is 1.00 bits per heavy atom. The molecule has 5 heteroatoms. The van der Waals surface area contributed by atoms with Crippen molar-refractivity contribution in [2.75, 3.05) is 5.32 Å². The summed E-state index contributed by atoms with van der Waals surface area (Å²) in [5.74, 6) is 0. The lowest BCUT2D eigenvalue weighted by Gasteiger charge is -2.30. The van der Waals surface area contributed by atoms with Gasteiger partial charge >= 0.3 is 6.03 Å². The zero-order valence-electron chi connectivity index (χ0n) is 17.0. The molecule has 30 heavy (non-hydrogen) atoms. The summed E-state index contributed by atoms with van der Waals surface area (Å²) in [6, 6.07) is 22.5. The Morgan fingerprint density at radius 2 is 1.80 bits per heavy atom. The van der Waals surface area contributed by atoms with E-state index in [-0.39, 0.29) is 12.1 Å². The fourth-order valence-corrected chi connectivity index (χ4v) is 5.18. The second-order valence-electron chi connectivity index (χ2n) is 7.78. The van der Waals surface area contributed by atoms with Crippen LogP contribution in [-0.4, -0.2) is 15.5 Å². The quantitative estimate of drug-likeness (QED) is 0.412. The molecule has 2 aromatic carbocycles. The van der Waals surface area contributed by atoms with Crippen molar-refractivity contribution in [3.63, 3.8) is 0 Å². The van der Waals surface area contributed by atoms with Gasteiger partial charge in [-0.2, -0.15) is 0 Å². The first-order valence-electron chi connectivity index (χ1n) is 10.0. The molecule has 0 aliphatic carbocycles. The largest absolute Gasteiger partial charge is 0.323 e. The highest BCUT2D eigenvalue weighted by molar-refractivity contribution is 7.10. The van der Waals surface area contributed by atoms with Gasteiger partial charge in [0.25, 0.3) is 0 Å². The monoisotopic (exact) mass is 413 g/mol. The maximum Gasteiger partial charge on any atom is 0.323 e. The van der Waals surface area contributed by atoms with Crippen LogP contribution < -0.4 is 5.32 Å². The third-order valence-electron chi connectivity index (χ3n) is 5.51. The normalized spacial score (nSPS) is 15.3. The standard InChI is InChI=1S/C25H23N3OS/c1-17-13-18(2)15-20(14-17)26-25(29)28-16-19-7-3-4-8-21(19)27-11-5-9-22(27)24(28)23-10-6-12-30-23/h3-15,24H,16H2,1-2H3,(H,26,29). The summed E-state index contributed by atoms with van der Waals surface area (Å²) in [6.07, 6.45) is 2.08. The number of para-hydroxylation sites is 1. The molecule has 0 fully saturated rings. The molecule has 1 aliphatic rings. The molecule has 0 bridgehead atoms. The fourth-order valence-electron chi connectivity index (χ4n) is 4.33. The van der Waals surface area contributed by atoms with E-state index in [9.17, 15) is 4.79 Å². The van der Waals surface area contributed by atoms with Crippen molar-refractivity contribution in [3.8, 4) is 5.69 Å². The number of nitrogens with zero attached hydrogens (tertiary/aromatic N) is 2. The summed E-state index contributed by atoms with van der Waals surface area (Å²) in [6.45, 7) is 4.63. The number of hydrogen-bond acceptors (Lipinski definition) is 2. The van der Waals surface area contributed by atoms with Crippen LogP contribution in [0, 0.1) is 13.8 Å². The van der Waals surface area contributed by atoms with Gasteiger partial charge in [-0.1, -0.05) is 30.3 Å². The molecule has 0 spiro atoms. The average Bonchev–Trinajstić information content (AvgIpc) is 3.38. The zero-order valence-corrected chi connectivity index (χ0v) is 17.8. The number of aromatic nitrogens is 1. The van der Waals surface area contributed by atoms with Crippen molar-refractivity contribution < 1.29 is 4.79 Å². The number of hydrogen-bond donors (Lipinski definition) is 1. The van der Waals surface area contributed by atoms with Gasteiger partial charge in [-0.15, -0.1) is 11.3 Å². The predicted molar refractivity (Wildman–Crippen MR) is 122 cm³/mol. The van der Waals surface area contributed by atoms with Gasteiger partial charge in [-0.3, -0.25) is 0 Å². The molecule has 2 amide bonds. The van der Waals surface area contributed by atoms with Crippen LogP contribution in [0.2, 0.25) is 0 Å². The third-order valence-corrected chi connectivity index (χ3v) is 6.44. The number of anilines is 1. The molecule has 0 saturated carbocycles. The Hall–Kier alpha value is -3.31. The molecular weight excluding hydrogens is 390 g/mol. The van der Waals surface area contributed by atoms with Crippen molar-refractivity contribution in [2.45, 2.75) is 26.4 Å². The van der Waals surface area contributed by atoms with Crippen LogP contribution in [-0.2, 0) is 6.54 Å². The molecular formula is C25H23N3OS. The van der Waals surface area contributed by atoms with Crippen LogP contribution in [0.4, 0.5) is 10.5 Å². The minimum Gasteiger partial charge on any atom is -0.318 e. The van der Waals surface area contributed by atoms with Crippen molar-refractivity contribution >= 4 is 23.1 Å². The summed E-state index contributed by atoms with van der Waals surface area (Å²) in [7, 11) is 0. The van der Waals surface area contributed by atoms with Crippen LogP contribution in [0.3, 0.4) is 0 Å². The Bertz CT molecular complexity index is 1190. The molecule has 0 radical (unpaired) electrons. The molecule has 150 valence electrons. The number of carbonyl (C=O) groups excluding carboxylic acids is 1. The highest BCUT2D eigenvalue weighted by Gasteiger charge is 2.33. The second-order valence-corrected chi connectivity index (χ2v) is 8.76. The fraction of sp³-hybridized carbons (Fsp3) is 0.160. The number of carbonyl (C=O) groups is 1. The topological polar surface area (TPSA) is 37.3 Å². The molecule has 1 atom stereocenters. The van der Waals surface area contributed by atoms with Gasteiger partial charge in [0.2, 0.25) is 0 Å². The van der Waals surface area contributed by atoms with Gasteiger partial charge in [-0.05, 0) is 72.3 Å². The summed E-state index contributed by atoms with van der Waals surface area (Å²) >= 11 is 1.68. The Labute approximate surface area is 180 Å². The van der Waals surface area contributed by atoms with Crippen molar-refractivity contribution in [1.82, 2.24) is 9.47 Å². The highest BCUT2D eigenvalue weighted by atomic mass is 32.1. The molecule has 3 heterocycles. The van der Waals surface area contributed by atoms with Crippen LogP contribution in [0.15, 0.2) is 78.3 Å². The van der Waals surface area contributed by atoms with Gasteiger partial charge < -0.3 is 14.8 Å². The molecule has 4 aromatic rings. The average molecular weight is 414 g/mol. The van der Waals surface area contributed by atoms with E-state index in [1.807, 2.05) is 49.1 Å². The van der Waals surface area contributed by atoms with Crippen LogP contribution in [0.25, 0.3) is 5.69 Å². The molecule has 2 aromatic heterocycles. The summed E-state index contributed by atoms with van der Waals surface area (Å²) in [4.78, 5) is 16.7. The molecule has 5 rings (SSSR count). The number of urea groups is 1. The first kappa shape index (κ1) is 18.7. The first-order valence-corrected chi connectivity index (χ1v) is 10.9. The van der Waals surface area contributed by atoms with Gasteiger partial charge in [0.1, 0.15) is 6.04 Å². The number of nitrogens with one attached hydrogen (secondary N) is 1. The lowest BCUT2D eigenvalue weighted by molar-refractivity contribution is 0.195. The maximum absolute atomic E-state index is 13.6. The minimum absolute atomic E-state index is 0.0946. The summed E-state index contributed by atoms with van der Waals surface area (Å²) < 4.78 is 2.21. The van der Waals surface area contributed by atoms with Gasteiger partial charge in [0, 0.05) is 16.8 Å². The van der Waals surface area contributed by atoms with Crippen molar-refractivity contribution in [3.05, 3.63) is 106 Å².